The van der Waals surface area contributed by atoms with Crippen LogP contribution in [0.25, 0.3) is 6.08 Å². The number of carboxylic acid groups (broad SMARTS) is 1. The van der Waals surface area contributed by atoms with Gasteiger partial charge in [-0.2, -0.15) is 0 Å². The molecule has 2 rings (SSSR count). The second-order valence-electron chi connectivity index (χ2n) is 3.71. The Morgan fingerprint density at radius 3 is 2.94 bits per heavy atom. The normalized spacial score (nSPS) is 13.7. The number of aliphatic carboxylic acids is 1. The summed E-state index contributed by atoms with van der Waals surface area (Å²) in [5.41, 5.74) is 3.42. The molecule has 0 unspecified atom stereocenters. The van der Waals surface area contributed by atoms with Gasteiger partial charge in [-0.3, -0.25) is 0 Å². The second-order valence-corrected chi connectivity index (χ2v) is 3.71. The average molecular weight is 241 g/mol. The summed E-state index contributed by atoms with van der Waals surface area (Å²) in [6.07, 6.45) is 3.65. The number of nitrogens with zero attached hydrogens (tertiary/aromatic N) is 1. The third-order valence-corrected chi connectivity index (χ3v) is 2.64. The molecule has 0 radical (unpaired) electrons. The Balaban J connectivity index is 0.00000128. The van der Waals surface area contributed by atoms with Crippen molar-refractivity contribution in [3.05, 3.63) is 35.4 Å². The van der Waals surface area contributed by atoms with E-state index in [0.29, 0.717) is 0 Å². The molecule has 0 aromatic heterocycles. The van der Waals surface area contributed by atoms with Crippen LogP contribution in [0.2, 0.25) is 0 Å². The summed E-state index contributed by atoms with van der Waals surface area (Å²) in [7, 11) is 2.06. The van der Waals surface area contributed by atoms with Crippen LogP contribution in [0.15, 0.2) is 24.3 Å². The summed E-state index contributed by atoms with van der Waals surface area (Å²) >= 11 is 0. The average Bonchev–Trinajstić information content (AvgIpc) is 2.57. The van der Waals surface area contributed by atoms with Crippen molar-refractivity contribution in [2.75, 3.05) is 18.5 Å². The van der Waals surface area contributed by atoms with Crippen LogP contribution in [0.1, 0.15) is 11.1 Å². The Hall–Kier alpha value is -0.134. The van der Waals surface area contributed by atoms with Crippen molar-refractivity contribution in [1.82, 2.24) is 0 Å². The van der Waals surface area contributed by atoms with Crippen LogP contribution in [0.4, 0.5) is 5.69 Å². The van der Waals surface area contributed by atoms with Crippen LogP contribution in [-0.2, 0) is 11.2 Å². The van der Waals surface area contributed by atoms with Crippen LogP contribution >= 0.6 is 0 Å². The molecule has 0 fully saturated rings. The van der Waals surface area contributed by atoms with E-state index in [-0.39, 0.29) is 51.4 Å². The SMILES string of the molecule is CN1CCc2cc(/C=C/C(=O)[O-])ccc21.[K+]. The maximum atomic E-state index is 10.3. The topological polar surface area (TPSA) is 43.4 Å². The molecule has 0 saturated carbocycles. The van der Waals surface area contributed by atoms with Crippen molar-refractivity contribution in [1.29, 1.82) is 0 Å². The van der Waals surface area contributed by atoms with E-state index in [2.05, 4.69) is 11.9 Å². The second kappa shape index (κ2) is 5.98. The molecule has 4 heteroatoms. The van der Waals surface area contributed by atoms with E-state index < -0.39 is 5.97 Å². The number of rotatable bonds is 2. The smallest absolute Gasteiger partial charge is 0.545 e. The van der Waals surface area contributed by atoms with Gasteiger partial charge in [0.25, 0.3) is 0 Å². The summed E-state index contributed by atoms with van der Waals surface area (Å²) in [6, 6.07) is 5.97. The molecule has 0 amide bonds. The molecule has 1 aliphatic heterocycles. The van der Waals surface area contributed by atoms with Gasteiger partial charge < -0.3 is 14.8 Å². The first-order chi connectivity index (χ1) is 7.16. The molecule has 1 aromatic rings. The van der Waals surface area contributed by atoms with Crippen molar-refractivity contribution in [3.63, 3.8) is 0 Å². The van der Waals surface area contributed by atoms with Crippen molar-refractivity contribution >= 4 is 17.7 Å². The third kappa shape index (κ3) is 3.18. The first-order valence-corrected chi connectivity index (χ1v) is 4.90. The van der Waals surface area contributed by atoms with Crippen LogP contribution in [0.3, 0.4) is 0 Å². The monoisotopic (exact) mass is 241 g/mol. The summed E-state index contributed by atoms with van der Waals surface area (Å²) in [5, 5.41) is 10.3. The number of hydrogen-bond acceptors (Lipinski definition) is 3. The van der Waals surface area contributed by atoms with Crippen molar-refractivity contribution in [2.45, 2.75) is 6.42 Å². The van der Waals surface area contributed by atoms with Gasteiger partial charge in [-0.15, -0.1) is 0 Å². The number of hydrogen-bond donors (Lipinski definition) is 0. The maximum Gasteiger partial charge on any atom is 1.00 e. The van der Waals surface area contributed by atoms with Gasteiger partial charge in [-0.1, -0.05) is 12.1 Å². The number of fused-ring (bicyclic) bond motifs is 1. The molecule has 0 saturated heterocycles. The Labute approximate surface area is 138 Å². The van der Waals surface area contributed by atoms with Gasteiger partial charge in [0.15, 0.2) is 0 Å². The number of carbonyl (C=O) groups is 1. The standard InChI is InChI=1S/C12H13NO2.K/c1-13-7-6-10-8-9(2-4-11(10)13)3-5-12(14)15;/h2-5,8H,6-7H2,1H3,(H,14,15);/q;+1/p-1/b5-3+;. The van der Waals surface area contributed by atoms with E-state index in [4.69, 9.17) is 0 Å². The molecular formula is C12H12KNO2. The molecule has 0 atom stereocenters. The molecule has 3 nitrogen and oxygen atoms in total. The number of carbonyl (C=O) groups excluding carboxylic acids is 1. The Bertz CT molecular complexity index is 429. The predicted octanol–water partition coefficient (Wildman–Crippen LogP) is -2.55. The van der Waals surface area contributed by atoms with Gasteiger partial charge in [0, 0.05) is 19.3 Å². The van der Waals surface area contributed by atoms with E-state index in [1.165, 1.54) is 11.3 Å². The quantitative estimate of drug-likeness (QED) is 0.423. The van der Waals surface area contributed by atoms with Crippen molar-refractivity contribution in [2.24, 2.45) is 0 Å². The summed E-state index contributed by atoms with van der Waals surface area (Å²) in [4.78, 5) is 12.4. The minimum absolute atomic E-state index is 0. The largest absolute Gasteiger partial charge is 1.00 e. The van der Waals surface area contributed by atoms with Gasteiger partial charge in [0.1, 0.15) is 0 Å². The van der Waals surface area contributed by atoms with Gasteiger partial charge in [0.2, 0.25) is 0 Å². The molecular weight excluding hydrogens is 229 g/mol. The van der Waals surface area contributed by atoms with Crippen molar-refractivity contribution in [3.8, 4) is 0 Å². The number of benzene rings is 1. The van der Waals surface area contributed by atoms with E-state index in [0.717, 1.165) is 24.6 Å². The first-order valence-electron chi connectivity index (χ1n) is 4.90. The fourth-order valence-corrected chi connectivity index (χ4v) is 1.85. The summed E-state index contributed by atoms with van der Waals surface area (Å²) in [5.74, 6) is -1.16. The summed E-state index contributed by atoms with van der Waals surface area (Å²) in [6.45, 7) is 1.03. The van der Waals surface area contributed by atoms with Crippen LogP contribution < -0.4 is 61.4 Å². The first kappa shape index (κ1) is 13.9. The zero-order valence-electron chi connectivity index (χ0n) is 9.56. The van der Waals surface area contributed by atoms with Crippen LogP contribution in [0, 0.1) is 0 Å². The molecule has 1 heterocycles. The molecule has 1 aromatic carbocycles. The minimum atomic E-state index is -1.16. The molecule has 16 heavy (non-hydrogen) atoms. The van der Waals surface area contributed by atoms with Gasteiger partial charge in [0.05, 0.1) is 5.97 Å². The molecule has 0 N–H and O–H groups in total. The van der Waals surface area contributed by atoms with E-state index in [1.807, 2.05) is 18.2 Å². The number of carboxylic acids is 1. The third-order valence-electron chi connectivity index (χ3n) is 2.64. The van der Waals surface area contributed by atoms with Gasteiger partial charge in [-0.25, -0.2) is 0 Å². The summed E-state index contributed by atoms with van der Waals surface area (Å²) < 4.78 is 0. The fourth-order valence-electron chi connectivity index (χ4n) is 1.85. The zero-order chi connectivity index (χ0) is 10.8. The number of anilines is 1. The van der Waals surface area contributed by atoms with Crippen molar-refractivity contribution < 1.29 is 61.3 Å². The Kier molecular flexibility index (Phi) is 5.20. The van der Waals surface area contributed by atoms with Gasteiger partial charge >= 0.3 is 51.4 Å². The van der Waals surface area contributed by atoms with E-state index in [9.17, 15) is 9.90 Å². The van der Waals surface area contributed by atoms with Gasteiger partial charge in [-0.05, 0) is 35.8 Å². The molecule has 0 spiro atoms. The minimum Gasteiger partial charge on any atom is -0.545 e. The van der Waals surface area contributed by atoms with Crippen LogP contribution in [0.5, 0.6) is 0 Å². The molecule has 78 valence electrons. The predicted molar refractivity (Wildman–Crippen MR) is 57.5 cm³/mol. The Morgan fingerprint density at radius 2 is 2.25 bits per heavy atom. The zero-order valence-corrected chi connectivity index (χ0v) is 12.7. The Morgan fingerprint density at radius 1 is 1.50 bits per heavy atom. The molecule has 0 bridgehead atoms. The maximum absolute atomic E-state index is 10.3. The number of likely N-dealkylation sites (N-methyl/N-ethyl adjacent to an activating group) is 1. The van der Waals surface area contributed by atoms with Crippen LogP contribution in [-0.4, -0.2) is 19.6 Å². The fraction of sp³-hybridized carbons (Fsp3) is 0.250. The van der Waals surface area contributed by atoms with E-state index in [1.54, 1.807) is 6.08 Å². The molecule has 1 aliphatic rings. The molecule has 0 aliphatic carbocycles. The van der Waals surface area contributed by atoms with E-state index >= 15 is 0 Å².